The number of ether oxygens (including phenoxy) is 3. The number of aromatic nitrogens is 4. The Kier molecular flexibility index (Phi) is 29.1. The second kappa shape index (κ2) is 34.6. The molecule has 0 aliphatic carbocycles. The monoisotopic (exact) mass is 1090 g/mol. The number of nitrogens with one attached hydrogen (secondary N) is 3. The van der Waals surface area contributed by atoms with E-state index in [1.54, 1.807) is 26.8 Å². The average molecular weight is 1090 g/mol. The van der Waals surface area contributed by atoms with Gasteiger partial charge in [0.1, 0.15) is 17.6 Å². The third kappa shape index (κ3) is 25.4. The molecule has 0 unspecified atom stereocenters. The van der Waals surface area contributed by atoms with E-state index in [2.05, 4.69) is 30.6 Å². The van der Waals surface area contributed by atoms with Crippen molar-refractivity contribution in [2.24, 2.45) is 0 Å². The molecule has 3 radical (unpaired) electrons. The Morgan fingerprint density at radius 2 is 1.14 bits per heavy atom. The van der Waals surface area contributed by atoms with Crippen molar-refractivity contribution in [3.8, 4) is 0 Å². The molecule has 1 saturated heterocycles. The number of hydrogen-bond donors (Lipinski definition) is 5. The number of nitrogens with zero attached hydrogens (tertiary/aromatic N) is 7. The Balaban J connectivity index is 0.0000144. The molecule has 405 valence electrons. The van der Waals surface area contributed by atoms with Crippen LogP contribution in [0, 0.1) is 0 Å². The number of ketones is 2. The van der Waals surface area contributed by atoms with E-state index in [1.165, 1.54) is 18.3 Å². The summed E-state index contributed by atoms with van der Waals surface area (Å²) >= 11 is 0. The average Bonchev–Trinajstić information content (AvgIpc) is 3.33. The number of anilines is 2. The van der Waals surface area contributed by atoms with Crippen LogP contribution in [0.25, 0.3) is 11.2 Å². The molecule has 0 spiro atoms. The number of amides is 1. The molecule has 0 saturated carbocycles. The molecule has 3 heterocycles. The third-order valence-electron chi connectivity index (χ3n) is 11.5. The van der Waals surface area contributed by atoms with Crippen LogP contribution in [0.1, 0.15) is 67.4 Å². The summed E-state index contributed by atoms with van der Waals surface area (Å²) in [5.41, 5.74) is 6.49. The van der Waals surface area contributed by atoms with Crippen LogP contribution in [0.3, 0.4) is 0 Å². The van der Waals surface area contributed by atoms with E-state index in [9.17, 15) is 58.8 Å². The zero-order chi connectivity index (χ0) is 53.0. The number of nitrogen functional groups attached to an aromatic ring is 1. The number of carboxylic acid groups (broad SMARTS) is 4. The SMILES string of the molecule is Nc1nc2ncc(CNc3ccc(C(=O)N[C@@H](CCC(=O)CCCCOCCOCCOCCCCC(=O)CN4CCN(CC(=O)[O-])CCN(CC(=O)[O-])CCN(CC(=O)[O-])CC4)C(=O)O)cc3)nc2c(=O)[nH]1.[Ga]. The van der Waals surface area contributed by atoms with Gasteiger partial charge < -0.3 is 65.4 Å². The van der Waals surface area contributed by atoms with Crippen molar-refractivity contribution in [3.63, 3.8) is 0 Å². The number of benzene rings is 1. The van der Waals surface area contributed by atoms with Gasteiger partial charge >= 0.3 is 5.97 Å². The predicted octanol–water partition coefficient (Wildman–Crippen LogP) is -4.51. The molecular weight excluding hydrogens is 1030 g/mol. The first-order valence-corrected chi connectivity index (χ1v) is 24.2. The minimum absolute atomic E-state index is 0. The third-order valence-corrected chi connectivity index (χ3v) is 11.5. The molecule has 1 fully saturated rings. The molecule has 1 atom stereocenters. The molecule has 74 heavy (non-hydrogen) atoms. The number of aromatic amines is 1. The summed E-state index contributed by atoms with van der Waals surface area (Å²) in [5, 5.41) is 49.4. The first-order chi connectivity index (χ1) is 35.0. The number of rotatable bonds is 33. The van der Waals surface area contributed by atoms with Gasteiger partial charge in [0.15, 0.2) is 11.2 Å². The summed E-state index contributed by atoms with van der Waals surface area (Å²) in [5.74, 6) is -5.96. The van der Waals surface area contributed by atoms with Crippen LogP contribution in [0.4, 0.5) is 11.6 Å². The predicted molar refractivity (Wildman–Crippen MR) is 261 cm³/mol. The van der Waals surface area contributed by atoms with Gasteiger partial charge in [0, 0.05) is 136 Å². The van der Waals surface area contributed by atoms with Crippen LogP contribution in [-0.2, 0) is 49.5 Å². The van der Waals surface area contributed by atoms with Gasteiger partial charge in [0.2, 0.25) is 5.95 Å². The molecule has 1 amide bonds. The normalized spacial score (nSPS) is 14.8. The van der Waals surface area contributed by atoms with E-state index in [0.717, 1.165) is 0 Å². The van der Waals surface area contributed by atoms with Gasteiger partial charge in [0.05, 0.1) is 69.3 Å². The van der Waals surface area contributed by atoms with Gasteiger partial charge in [-0.3, -0.25) is 43.8 Å². The summed E-state index contributed by atoms with van der Waals surface area (Å²) in [6.07, 6.45) is 4.29. The molecule has 1 aromatic carbocycles. The maximum Gasteiger partial charge on any atom is 0.326 e. The second-order valence-corrected chi connectivity index (χ2v) is 17.4. The molecule has 3 aromatic rings. The maximum atomic E-state index is 12.9. The fraction of sp³-hybridized carbons (Fsp3) is 0.596. The quantitative estimate of drug-likeness (QED) is 0.0283. The Labute approximate surface area is 440 Å². The molecule has 1 aliphatic heterocycles. The van der Waals surface area contributed by atoms with Crippen LogP contribution in [-0.4, -0.2) is 230 Å². The molecule has 2 aromatic heterocycles. The molecule has 6 N–H and O–H groups in total. The molecular formula is C47H66GaN11O15-3. The van der Waals surface area contributed by atoms with Crippen molar-refractivity contribution < 1.29 is 68.2 Å². The van der Waals surface area contributed by atoms with Crippen molar-refractivity contribution in [1.82, 2.24) is 44.9 Å². The van der Waals surface area contributed by atoms with E-state index in [4.69, 9.17) is 19.9 Å². The van der Waals surface area contributed by atoms with Crippen LogP contribution >= 0.6 is 0 Å². The number of H-pyrrole nitrogens is 1. The summed E-state index contributed by atoms with van der Waals surface area (Å²) in [4.78, 5) is 118. The summed E-state index contributed by atoms with van der Waals surface area (Å²) in [7, 11) is 0. The van der Waals surface area contributed by atoms with E-state index in [0.29, 0.717) is 96.2 Å². The number of aliphatic carboxylic acids is 4. The minimum Gasteiger partial charge on any atom is -0.549 e. The molecule has 4 rings (SSSR count). The van der Waals surface area contributed by atoms with E-state index >= 15 is 0 Å². The number of hydrogen-bond acceptors (Lipinski definition) is 23. The molecule has 27 heteroatoms. The summed E-state index contributed by atoms with van der Waals surface area (Å²) in [6.45, 7) is 3.46. The minimum atomic E-state index is -1.30. The molecule has 0 bridgehead atoms. The van der Waals surface area contributed by atoms with Gasteiger partial charge in [0.25, 0.3) is 11.5 Å². The zero-order valence-electron chi connectivity index (χ0n) is 41.5. The number of carbonyl (C=O) groups is 7. The summed E-state index contributed by atoms with van der Waals surface area (Å²) < 4.78 is 16.7. The van der Waals surface area contributed by atoms with Crippen molar-refractivity contribution in [3.05, 3.63) is 52.1 Å². The fourth-order valence-corrected chi connectivity index (χ4v) is 7.60. The topological polar surface area (TPSA) is 371 Å². The number of fused-ring (bicyclic) bond motifs is 1. The van der Waals surface area contributed by atoms with E-state index < -0.39 is 47.9 Å². The Morgan fingerprint density at radius 1 is 0.662 bits per heavy atom. The largest absolute Gasteiger partial charge is 0.549 e. The van der Waals surface area contributed by atoms with Gasteiger partial charge in [-0.15, -0.1) is 0 Å². The second-order valence-electron chi connectivity index (χ2n) is 17.4. The molecule has 26 nitrogen and oxygen atoms in total. The number of nitrogens with two attached hydrogens (primary N) is 1. The van der Waals surface area contributed by atoms with Gasteiger partial charge in [-0.2, -0.15) is 4.98 Å². The van der Waals surface area contributed by atoms with E-state index in [-0.39, 0.29) is 139 Å². The Morgan fingerprint density at radius 3 is 1.62 bits per heavy atom. The van der Waals surface area contributed by atoms with Crippen LogP contribution in [0.2, 0.25) is 0 Å². The number of carbonyl (C=O) groups excluding carboxylic acids is 6. The maximum absolute atomic E-state index is 12.9. The number of carboxylic acids is 4. The van der Waals surface area contributed by atoms with Crippen molar-refractivity contribution in [2.75, 3.05) is 129 Å². The summed E-state index contributed by atoms with van der Waals surface area (Å²) in [6, 6.07) is 5.03. The Bertz CT molecular complexity index is 2300. The first-order valence-electron chi connectivity index (χ1n) is 24.2. The smallest absolute Gasteiger partial charge is 0.326 e. The van der Waals surface area contributed by atoms with E-state index in [1.807, 2.05) is 4.90 Å². The van der Waals surface area contributed by atoms with Crippen molar-refractivity contribution >= 4 is 83.9 Å². The van der Waals surface area contributed by atoms with Gasteiger partial charge in [-0.05, 0) is 56.4 Å². The van der Waals surface area contributed by atoms with Crippen LogP contribution in [0.5, 0.6) is 0 Å². The van der Waals surface area contributed by atoms with Crippen molar-refractivity contribution in [2.45, 2.75) is 64.0 Å². The fourth-order valence-electron chi connectivity index (χ4n) is 7.60. The molecule has 1 aliphatic rings. The van der Waals surface area contributed by atoms with Crippen LogP contribution < -0.4 is 37.2 Å². The first kappa shape index (κ1) is 62.4. The standard InChI is InChI=1S/C47H69N11O15.Ga/c48-47-53-43-42(45(68)54-47)51-35(28-50-43)27-49-34-9-7-33(8-10-34)44(67)52-38(46(69)70)12-11-36(59)5-1-3-21-71-23-25-73-26-24-72-22-4-2-6-37(60)29-55-13-15-56(30-39(61)62)17-19-58(32-41(65)66)20-18-57(16-14-55)31-40(63)64;/h7-10,28,38,49H,1-6,11-27,29-32H2,(H,52,67)(H,61,62)(H,63,64)(H,65,66)(H,69,70)(H3,48,50,53,54,68);/p-3/t38-;/m0./s1. The Hall–Kier alpha value is -5.91. The van der Waals surface area contributed by atoms with Crippen LogP contribution in [0.15, 0.2) is 35.3 Å². The van der Waals surface area contributed by atoms with Gasteiger partial charge in [-0.25, -0.2) is 14.8 Å². The number of Topliss-reactive ketones (excluding diaryl/α,β-unsaturated/α-hetero) is 2. The number of unbranched alkanes of at least 4 members (excludes halogenated alkanes) is 2. The van der Waals surface area contributed by atoms with Crippen molar-refractivity contribution in [1.29, 1.82) is 0 Å². The zero-order valence-corrected chi connectivity index (χ0v) is 43.9. The van der Waals surface area contributed by atoms with Gasteiger partial charge in [-0.1, -0.05) is 0 Å².